The molecule has 2 rings (SSSR count). The van der Waals surface area contributed by atoms with E-state index in [2.05, 4.69) is 10.6 Å². The highest BCUT2D eigenvalue weighted by atomic mass is 35.5. The second-order valence-corrected chi connectivity index (χ2v) is 4.74. The zero-order valence-corrected chi connectivity index (χ0v) is 10.2. The van der Waals surface area contributed by atoms with Crippen LogP contribution in [-0.2, 0) is 11.3 Å². The molecule has 0 radical (unpaired) electrons. The molecule has 0 spiro atoms. The lowest BCUT2D eigenvalue weighted by molar-refractivity contribution is -0.122. The van der Waals surface area contributed by atoms with Gasteiger partial charge in [-0.1, -0.05) is 23.7 Å². The van der Waals surface area contributed by atoms with Crippen molar-refractivity contribution in [3.63, 3.8) is 0 Å². The van der Waals surface area contributed by atoms with Crippen molar-refractivity contribution in [2.45, 2.75) is 25.0 Å². The smallest absolute Gasteiger partial charge is 0.237 e. The highest BCUT2D eigenvalue weighted by Gasteiger charge is 2.26. The third-order valence-corrected chi connectivity index (χ3v) is 3.11. The lowest BCUT2D eigenvalue weighted by Gasteiger charge is -2.11. The van der Waals surface area contributed by atoms with Crippen LogP contribution in [0.15, 0.2) is 24.3 Å². The number of halogens is 1. The number of carbonyl (C=O) groups is 1. The standard InChI is InChI=1S/C12H16ClN3O/c13-9-3-1-8(2-4-9)6-16-12(17)11-5-10(14)7-15-11/h1-4,10-11,15H,5-7,14H2,(H,16,17). The first kappa shape index (κ1) is 12.4. The average molecular weight is 254 g/mol. The first-order valence-corrected chi connectivity index (χ1v) is 6.04. The van der Waals surface area contributed by atoms with E-state index in [1.54, 1.807) is 0 Å². The molecule has 5 heteroatoms. The van der Waals surface area contributed by atoms with Crippen LogP contribution in [0.4, 0.5) is 0 Å². The maximum absolute atomic E-state index is 11.8. The predicted octanol–water partition coefficient (Wildman–Crippen LogP) is 0.645. The van der Waals surface area contributed by atoms with Gasteiger partial charge in [0.15, 0.2) is 0 Å². The number of nitrogens with two attached hydrogens (primary N) is 1. The molecule has 1 aromatic rings. The van der Waals surface area contributed by atoms with Gasteiger partial charge in [0.25, 0.3) is 0 Å². The van der Waals surface area contributed by atoms with Crippen LogP contribution < -0.4 is 16.4 Å². The summed E-state index contributed by atoms with van der Waals surface area (Å²) in [6, 6.07) is 7.35. The van der Waals surface area contributed by atoms with Crippen LogP contribution in [0, 0.1) is 0 Å². The molecule has 17 heavy (non-hydrogen) atoms. The van der Waals surface area contributed by atoms with Crippen molar-refractivity contribution in [3.05, 3.63) is 34.9 Å². The number of rotatable bonds is 3. The van der Waals surface area contributed by atoms with E-state index >= 15 is 0 Å². The van der Waals surface area contributed by atoms with Gasteiger partial charge in [-0.25, -0.2) is 0 Å². The van der Waals surface area contributed by atoms with Gasteiger partial charge >= 0.3 is 0 Å². The van der Waals surface area contributed by atoms with Crippen LogP contribution >= 0.6 is 11.6 Å². The molecule has 92 valence electrons. The molecule has 0 bridgehead atoms. The van der Waals surface area contributed by atoms with E-state index in [9.17, 15) is 4.79 Å². The van der Waals surface area contributed by atoms with Gasteiger partial charge in [-0.05, 0) is 24.1 Å². The fraction of sp³-hybridized carbons (Fsp3) is 0.417. The van der Waals surface area contributed by atoms with Gasteiger partial charge in [-0.3, -0.25) is 4.79 Å². The fourth-order valence-corrected chi connectivity index (χ4v) is 2.00. The van der Waals surface area contributed by atoms with E-state index in [-0.39, 0.29) is 18.0 Å². The summed E-state index contributed by atoms with van der Waals surface area (Å²) < 4.78 is 0. The van der Waals surface area contributed by atoms with Crippen LogP contribution in [0.5, 0.6) is 0 Å². The Bertz CT molecular complexity index is 393. The lowest BCUT2D eigenvalue weighted by atomic mass is 10.1. The summed E-state index contributed by atoms with van der Waals surface area (Å²) in [6.45, 7) is 1.22. The van der Waals surface area contributed by atoms with Crippen molar-refractivity contribution in [1.29, 1.82) is 0 Å². The molecule has 2 atom stereocenters. The zero-order chi connectivity index (χ0) is 12.3. The summed E-state index contributed by atoms with van der Waals surface area (Å²) in [5.74, 6) is 0.00731. The first-order chi connectivity index (χ1) is 8.15. The SMILES string of the molecule is NC1CNC(C(=O)NCc2ccc(Cl)cc2)C1. The van der Waals surface area contributed by atoms with E-state index < -0.39 is 0 Å². The summed E-state index contributed by atoms with van der Waals surface area (Å²) in [6.07, 6.45) is 0.701. The fourth-order valence-electron chi connectivity index (χ4n) is 1.88. The number of nitrogens with one attached hydrogen (secondary N) is 2. The molecule has 2 unspecified atom stereocenters. The van der Waals surface area contributed by atoms with Gasteiger partial charge in [0, 0.05) is 24.2 Å². The Balaban J connectivity index is 1.82. The lowest BCUT2D eigenvalue weighted by Crippen LogP contribution is -2.39. The third kappa shape index (κ3) is 3.43. The molecule has 0 aliphatic carbocycles. The Morgan fingerprint density at radius 3 is 2.76 bits per heavy atom. The highest BCUT2D eigenvalue weighted by Crippen LogP contribution is 2.09. The molecule has 4 nitrogen and oxygen atoms in total. The molecule has 0 aromatic heterocycles. The Labute approximate surface area is 106 Å². The van der Waals surface area contributed by atoms with Gasteiger partial charge in [-0.2, -0.15) is 0 Å². The van der Waals surface area contributed by atoms with Crippen molar-refractivity contribution in [2.24, 2.45) is 5.73 Å². The Hall–Kier alpha value is -1.10. The minimum absolute atomic E-state index is 0.00731. The van der Waals surface area contributed by atoms with E-state index in [1.807, 2.05) is 24.3 Å². The maximum Gasteiger partial charge on any atom is 0.237 e. The maximum atomic E-state index is 11.8. The first-order valence-electron chi connectivity index (χ1n) is 5.66. The largest absolute Gasteiger partial charge is 0.351 e. The molecular weight excluding hydrogens is 238 g/mol. The van der Waals surface area contributed by atoms with Crippen LogP contribution in [-0.4, -0.2) is 24.5 Å². The second-order valence-electron chi connectivity index (χ2n) is 4.30. The number of hydrogen-bond donors (Lipinski definition) is 3. The van der Waals surface area contributed by atoms with Gasteiger partial charge in [0.2, 0.25) is 5.91 Å². The molecular formula is C12H16ClN3O. The number of benzene rings is 1. The highest BCUT2D eigenvalue weighted by molar-refractivity contribution is 6.30. The number of amides is 1. The van der Waals surface area contributed by atoms with Crippen LogP contribution in [0.2, 0.25) is 5.02 Å². The van der Waals surface area contributed by atoms with E-state index in [4.69, 9.17) is 17.3 Å². The van der Waals surface area contributed by atoms with Crippen molar-refractivity contribution in [1.82, 2.24) is 10.6 Å². The molecule has 1 fully saturated rings. The van der Waals surface area contributed by atoms with E-state index in [1.165, 1.54) is 0 Å². The molecule has 1 saturated heterocycles. The van der Waals surface area contributed by atoms with Gasteiger partial charge in [0.1, 0.15) is 0 Å². The summed E-state index contributed by atoms with van der Waals surface area (Å²) >= 11 is 5.78. The molecule has 0 saturated carbocycles. The van der Waals surface area contributed by atoms with Crippen molar-refractivity contribution in [2.75, 3.05) is 6.54 Å². The molecule has 1 heterocycles. The quantitative estimate of drug-likeness (QED) is 0.741. The monoisotopic (exact) mass is 253 g/mol. The van der Waals surface area contributed by atoms with Crippen molar-refractivity contribution >= 4 is 17.5 Å². The van der Waals surface area contributed by atoms with Crippen LogP contribution in [0.1, 0.15) is 12.0 Å². The predicted molar refractivity (Wildman–Crippen MR) is 67.7 cm³/mol. The van der Waals surface area contributed by atoms with Crippen molar-refractivity contribution < 1.29 is 4.79 Å². The summed E-state index contributed by atoms with van der Waals surface area (Å²) in [5.41, 5.74) is 6.76. The normalized spacial score (nSPS) is 23.6. The summed E-state index contributed by atoms with van der Waals surface area (Å²) in [5, 5.41) is 6.67. The van der Waals surface area contributed by atoms with E-state index in [0.29, 0.717) is 24.5 Å². The minimum atomic E-state index is -0.155. The molecule has 4 N–H and O–H groups in total. The van der Waals surface area contributed by atoms with Crippen LogP contribution in [0.3, 0.4) is 0 Å². The van der Waals surface area contributed by atoms with E-state index in [0.717, 1.165) is 5.56 Å². The zero-order valence-electron chi connectivity index (χ0n) is 9.45. The molecule has 1 aliphatic rings. The second kappa shape index (κ2) is 5.49. The van der Waals surface area contributed by atoms with Gasteiger partial charge < -0.3 is 16.4 Å². The minimum Gasteiger partial charge on any atom is -0.351 e. The summed E-state index contributed by atoms with van der Waals surface area (Å²) in [7, 11) is 0. The summed E-state index contributed by atoms with van der Waals surface area (Å²) in [4.78, 5) is 11.8. The number of carbonyl (C=O) groups excluding carboxylic acids is 1. The van der Waals surface area contributed by atoms with Gasteiger partial charge in [-0.15, -0.1) is 0 Å². The number of hydrogen-bond acceptors (Lipinski definition) is 3. The van der Waals surface area contributed by atoms with Gasteiger partial charge in [0.05, 0.1) is 6.04 Å². The third-order valence-electron chi connectivity index (χ3n) is 2.86. The molecule has 1 aliphatic heterocycles. The molecule has 1 aromatic carbocycles. The average Bonchev–Trinajstić information content (AvgIpc) is 2.75. The molecule has 1 amide bonds. The Kier molecular flexibility index (Phi) is 3.99. The Morgan fingerprint density at radius 1 is 1.47 bits per heavy atom. The Morgan fingerprint density at radius 2 is 2.18 bits per heavy atom. The topological polar surface area (TPSA) is 67.1 Å². The van der Waals surface area contributed by atoms with Crippen molar-refractivity contribution in [3.8, 4) is 0 Å². The van der Waals surface area contributed by atoms with Crippen LogP contribution in [0.25, 0.3) is 0 Å².